The zero-order valence-electron chi connectivity index (χ0n) is 28.0. The maximum absolute atomic E-state index is 5.25. The number of aromatic nitrogens is 3. The molecule has 11 aromatic rings. The fourth-order valence-corrected chi connectivity index (χ4v) is 9.32. The molecule has 0 spiro atoms. The second-order valence-electron chi connectivity index (χ2n) is 13.3. The minimum absolute atomic E-state index is 0.713. The molecule has 242 valence electrons. The summed E-state index contributed by atoms with van der Waals surface area (Å²) in [5.41, 5.74) is 9.83. The highest BCUT2D eigenvalue weighted by Gasteiger charge is 2.22. The van der Waals surface area contributed by atoms with Gasteiger partial charge in [0.1, 0.15) is 0 Å². The maximum Gasteiger partial charge on any atom is 0.160 e. The predicted molar refractivity (Wildman–Crippen MR) is 221 cm³/mol. The van der Waals surface area contributed by atoms with Crippen molar-refractivity contribution >= 4 is 75.0 Å². The SMILES string of the molecule is c1ccc(-c2cccc(-c3nc(-c4ccc(-n5c6ccccc6c6c7ccccc7c7c8ccccc8sc7c65)cc4)nc4ccccc34)c2)cc1. The molecule has 11 rings (SSSR count). The van der Waals surface area contributed by atoms with Crippen LogP contribution >= 0.6 is 11.3 Å². The lowest BCUT2D eigenvalue weighted by atomic mass is 9.99. The Morgan fingerprint density at radius 3 is 1.88 bits per heavy atom. The zero-order chi connectivity index (χ0) is 34.2. The first-order valence-corrected chi connectivity index (χ1v) is 18.4. The van der Waals surface area contributed by atoms with Crippen LogP contribution < -0.4 is 0 Å². The van der Waals surface area contributed by atoms with E-state index >= 15 is 0 Å². The van der Waals surface area contributed by atoms with Crippen LogP contribution in [0.3, 0.4) is 0 Å². The van der Waals surface area contributed by atoms with Gasteiger partial charge in [0.2, 0.25) is 0 Å². The van der Waals surface area contributed by atoms with E-state index in [0.717, 1.165) is 33.4 Å². The first-order valence-electron chi connectivity index (χ1n) is 17.6. The van der Waals surface area contributed by atoms with Crippen LogP contribution in [0.2, 0.25) is 0 Å². The molecule has 0 N–H and O–H groups in total. The molecule has 0 saturated heterocycles. The summed E-state index contributed by atoms with van der Waals surface area (Å²) in [5.74, 6) is 0.713. The highest BCUT2D eigenvalue weighted by atomic mass is 32.1. The number of thiophene rings is 1. The van der Waals surface area contributed by atoms with E-state index in [1.54, 1.807) is 0 Å². The smallest absolute Gasteiger partial charge is 0.160 e. The number of hydrogen-bond donors (Lipinski definition) is 0. The van der Waals surface area contributed by atoms with Crippen LogP contribution in [0.25, 0.3) is 103 Å². The lowest BCUT2D eigenvalue weighted by molar-refractivity contribution is 1.18. The Hall–Kier alpha value is -6.62. The molecule has 0 aliphatic heterocycles. The Morgan fingerprint density at radius 2 is 1.06 bits per heavy atom. The van der Waals surface area contributed by atoms with Gasteiger partial charge in [0.15, 0.2) is 5.82 Å². The van der Waals surface area contributed by atoms with Crippen LogP contribution in [0.1, 0.15) is 0 Å². The van der Waals surface area contributed by atoms with Gasteiger partial charge in [-0.15, -0.1) is 11.3 Å². The van der Waals surface area contributed by atoms with Gasteiger partial charge < -0.3 is 4.57 Å². The van der Waals surface area contributed by atoms with Crippen molar-refractivity contribution in [3.05, 3.63) is 176 Å². The van der Waals surface area contributed by atoms with Crippen molar-refractivity contribution in [2.24, 2.45) is 0 Å². The van der Waals surface area contributed by atoms with Crippen LogP contribution in [-0.4, -0.2) is 14.5 Å². The third kappa shape index (κ3) is 4.38. The summed E-state index contributed by atoms with van der Waals surface area (Å²) in [4.78, 5) is 10.3. The summed E-state index contributed by atoms with van der Waals surface area (Å²) in [6.07, 6.45) is 0. The van der Waals surface area contributed by atoms with Crippen LogP contribution in [0.5, 0.6) is 0 Å². The summed E-state index contributed by atoms with van der Waals surface area (Å²) in [6, 6.07) is 62.8. The largest absolute Gasteiger partial charge is 0.308 e. The molecule has 0 radical (unpaired) electrons. The second kappa shape index (κ2) is 11.5. The van der Waals surface area contributed by atoms with Crippen LogP contribution in [0, 0.1) is 0 Å². The molecule has 8 aromatic carbocycles. The van der Waals surface area contributed by atoms with Gasteiger partial charge in [-0.25, -0.2) is 9.97 Å². The molecule has 4 heteroatoms. The molecule has 3 heterocycles. The lowest BCUT2D eigenvalue weighted by Crippen LogP contribution is -1.97. The number of rotatable bonds is 4. The standard InChI is InChI=1S/C48H29N3S/c1-2-13-30(14-3-1)32-15-12-16-33(29-32)45-37-19-6-9-22-40(37)49-48(50-45)31-25-27-34(28-26-31)51-41-23-10-7-20-38(41)43-35-17-4-5-18-36(35)44-39-21-8-11-24-42(39)52-47(44)46(43)51/h1-29H. The molecule has 0 aliphatic carbocycles. The molecule has 0 fully saturated rings. The van der Waals surface area contributed by atoms with E-state index in [2.05, 4.69) is 174 Å². The Morgan fingerprint density at radius 1 is 0.423 bits per heavy atom. The molecule has 0 aliphatic rings. The van der Waals surface area contributed by atoms with Crippen molar-refractivity contribution in [2.75, 3.05) is 0 Å². The van der Waals surface area contributed by atoms with Crippen molar-refractivity contribution in [1.82, 2.24) is 14.5 Å². The molecular weight excluding hydrogens is 651 g/mol. The van der Waals surface area contributed by atoms with Gasteiger partial charge in [-0.1, -0.05) is 127 Å². The Labute approximate surface area is 303 Å². The van der Waals surface area contributed by atoms with Gasteiger partial charge in [0, 0.05) is 48.4 Å². The van der Waals surface area contributed by atoms with Gasteiger partial charge in [-0.2, -0.15) is 0 Å². The quantitative estimate of drug-likeness (QED) is 0.185. The summed E-state index contributed by atoms with van der Waals surface area (Å²) < 4.78 is 5.08. The van der Waals surface area contributed by atoms with Gasteiger partial charge in [-0.05, 0) is 70.4 Å². The van der Waals surface area contributed by atoms with Crippen molar-refractivity contribution < 1.29 is 0 Å². The molecule has 0 atom stereocenters. The van der Waals surface area contributed by atoms with E-state index in [1.165, 1.54) is 63.9 Å². The van der Waals surface area contributed by atoms with Gasteiger partial charge in [-0.3, -0.25) is 0 Å². The minimum Gasteiger partial charge on any atom is -0.308 e. The normalized spacial score (nSPS) is 11.8. The topological polar surface area (TPSA) is 30.7 Å². The fraction of sp³-hybridized carbons (Fsp3) is 0. The minimum atomic E-state index is 0.713. The third-order valence-electron chi connectivity index (χ3n) is 10.4. The molecule has 3 nitrogen and oxygen atoms in total. The summed E-state index contributed by atoms with van der Waals surface area (Å²) in [5, 5.41) is 8.84. The zero-order valence-corrected chi connectivity index (χ0v) is 28.8. The van der Waals surface area contributed by atoms with Crippen molar-refractivity contribution in [2.45, 2.75) is 0 Å². The van der Waals surface area contributed by atoms with Gasteiger partial charge >= 0.3 is 0 Å². The van der Waals surface area contributed by atoms with Crippen LogP contribution in [0.15, 0.2) is 176 Å². The molecule has 0 unspecified atom stereocenters. The highest BCUT2D eigenvalue weighted by molar-refractivity contribution is 7.27. The van der Waals surface area contributed by atoms with E-state index in [1.807, 2.05) is 17.4 Å². The fourth-order valence-electron chi connectivity index (χ4n) is 8.06. The molecule has 0 saturated carbocycles. The number of nitrogens with zero attached hydrogens (tertiary/aromatic N) is 3. The van der Waals surface area contributed by atoms with E-state index < -0.39 is 0 Å². The molecule has 52 heavy (non-hydrogen) atoms. The highest BCUT2D eigenvalue weighted by Crippen LogP contribution is 2.47. The summed E-state index contributed by atoms with van der Waals surface area (Å²) in [6.45, 7) is 0. The van der Waals surface area contributed by atoms with E-state index in [9.17, 15) is 0 Å². The predicted octanol–water partition coefficient (Wildman–Crippen LogP) is 13.2. The lowest BCUT2D eigenvalue weighted by Gasteiger charge is -2.12. The van der Waals surface area contributed by atoms with Crippen molar-refractivity contribution in [3.63, 3.8) is 0 Å². The number of benzene rings is 8. The van der Waals surface area contributed by atoms with Gasteiger partial charge in [0.25, 0.3) is 0 Å². The van der Waals surface area contributed by atoms with E-state index in [4.69, 9.17) is 9.97 Å². The Bertz CT molecular complexity index is 3170. The van der Waals surface area contributed by atoms with Crippen LogP contribution in [-0.2, 0) is 0 Å². The summed E-state index contributed by atoms with van der Waals surface area (Å²) >= 11 is 1.89. The molecular formula is C48H29N3S. The van der Waals surface area contributed by atoms with E-state index in [0.29, 0.717) is 5.82 Å². The van der Waals surface area contributed by atoms with Crippen LogP contribution in [0.4, 0.5) is 0 Å². The second-order valence-corrected chi connectivity index (χ2v) is 14.4. The first kappa shape index (κ1) is 29.1. The monoisotopic (exact) mass is 679 g/mol. The van der Waals surface area contributed by atoms with E-state index in [-0.39, 0.29) is 0 Å². The molecule has 3 aromatic heterocycles. The average Bonchev–Trinajstić information content (AvgIpc) is 3.78. The van der Waals surface area contributed by atoms with Gasteiger partial charge in [0.05, 0.1) is 26.9 Å². The first-order chi connectivity index (χ1) is 25.8. The van der Waals surface area contributed by atoms with Crippen molar-refractivity contribution in [3.8, 4) is 39.5 Å². The Kier molecular flexibility index (Phi) is 6.42. The maximum atomic E-state index is 5.25. The number of fused-ring (bicyclic) bond motifs is 11. The molecule has 0 amide bonds. The Balaban J connectivity index is 1.11. The third-order valence-corrected chi connectivity index (χ3v) is 11.6. The average molecular weight is 680 g/mol. The number of para-hydroxylation sites is 2. The van der Waals surface area contributed by atoms with Crippen molar-refractivity contribution in [1.29, 1.82) is 0 Å². The number of hydrogen-bond acceptors (Lipinski definition) is 3. The summed E-state index contributed by atoms with van der Waals surface area (Å²) in [7, 11) is 0. The molecule has 0 bridgehead atoms.